The van der Waals surface area contributed by atoms with E-state index in [-0.39, 0.29) is 6.04 Å². The van der Waals surface area contributed by atoms with Crippen molar-refractivity contribution in [3.8, 4) is 5.75 Å². The van der Waals surface area contributed by atoms with Crippen LogP contribution in [0.5, 0.6) is 5.75 Å². The highest BCUT2D eigenvalue weighted by Gasteiger charge is 2.22. The average Bonchev–Trinajstić information content (AvgIpc) is 2.98. The highest BCUT2D eigenvalue weighted by Crippen LogP contribution is 2.35. The molecule has 0 aliphatic carbocycles. The molecule has 0 radical (unpaired) electrons. The molecule has 3 rings (SSSR count). The van der Waals surface area contributed by atoms with Crippen LogP contribution in [-0.4, -0.2) is 18.1 Å². The molecule has 0 saturated heterocycles. The summed E-state index contributed by atoms with van der Waals surface area (Å²) in [5, 5.41) is 3.62. The number of nitrogens with one attached hydrogen (secondary N) is 1. The van der Waals surface area contributed by atoms with E-state index in [0.717, 1.165) is 31.7 Å². The van der Waals surface area contributed by atoms with E-state index in [1.54, 1.807) is 0 Å². The van der Waals surface area contributed by atoms with Crippen LogP contribution in [-0.2, 0) is 6.42 Å². The smallest absolute Gasteiger partial charge is 0.127 e. The number of pyridine rings is 1. The third-order valence-corrected chi connectivity index (χ3v) is 3.69. The van der Waals surface area contributed by atoms with E-state index in [9.17, 15) is 0 Å². The Morgan fingerprint density at radius 3 is 2.90 bits per heavy atom. The summed E-state index contributed by atoms with van der Waals surface area (Å²) in [4.78, 5) is 4.12. The Labute approximate surface area is 120 Å². The molecule has 1 atom stereocenters. The topological polar surface area (TPSA) is 34.2 Å². The molecular formula is C17H20N2O. The minimum Gasteiger partial charge on any atom is -0.493 e. The zero-order valence-corrected chi connectivity index (χ0v) is 11.8. The Morgan fingerprint density at radius 1 is 1.25 bits per heavy atom. The van der Waals surface area contributed by atoms with Gasteiger partial charge in [0.15, 0.2) is 0 Å². The molecule has 2 aromatic rings. The lowest BCUT2D eigenvalue weighted by molar-refractivity contribution is 0.350. The fourth-order valence-corrected chi connectivity index (χ4v) is 2.72. The summed E-state index contributed by atoms with van der Waals surface area (Å²) < 4.78 is 5.86. The zero-order chi connectivity index (χ0) is 13.8. The fraction of sp³-hybridized carbons (Fsp3) is 0.353. The van der Waals surface area contributed by atoms with Crippen molar-refractivity contribution in [2.75, 3.05) is 13.2 Å². The number of hydrogen-bond acceptors (Lipinski definition) is 3. The predicted octanol–water partition coefficient (Wildman–Crippen LogP) is 3.11. The third-order valence-electron chi connectivity index (χ3n) is 3.69. The minimum atomic E-state index is 0.172. The number of benzene rings is 1. The molecule has 0 saturated carbocycles. The average molecular weight is 268 g/mol. The van der Waals surface area contributed by atoms with E-state index < -0.39 is 0 Å². The van der Waals surface area contributed by atoms with Crippen LogP contribution in [0.2, 0.25) is 0 Å². The maximum atomic E-state index is 5.86. The molecule has 1 aromatic heterocycles. The Hall–Kier alpha value is -1.87. The standard InChI is InChI=1S/C17H20N2O/c1-2-9-19-16(13-6-10-18-11-7-13)15-5-3-4-14-8-12-20-17(14)15/h3-7,10-11,16,19H,2,8-9,12H2,1H3. The van der Waals surface area contributed by atoms with E-state index in [4.69, 9.17) is 4.74 Å². The van der Waals surface area contributed by atoms with Crippen molar-refractivity contribution in [1.82, 2.24) is 10.3 Å². The van der Waals surface area contributed by atoms with Gasteiger partial charge in [-0.25, -0.2) is 0 Å². The van der Waals surface area contributed by atoms with Crippen LogP contribution >= 0.6 is 0 Å². The molecule has 104 valence electrons. The third kappa shape index (κ3) is 2.54. The lowest BCUT2D eigenvalue weighted by Gasteiger charge is -2.21. The normalized spacial score (nSPS) is 14.7. The second kappa shape index (κ2) is 6.06. The van der Waals surface area contributed by atoms with Gasteiger partial charge in [-0.3, -0.25) is 4.98 Å². The number of aromatic nitrogens is 1. The van der Waals surface area contributed by atoms with Crippen molar-refractivity contribution < 1.29 is 4.74 Å². The Morgan fingerprint density at radius 2 is 2.10 bits per heavy atom. The van der Waals surface area contributed by atoms with Gasteiger partial charge in [-0.2, -0.15) is 0 Å². The lowest BCUT2D eigenvalue weighted by Crippen LogP contribution is -2.23. The lowest BCUT2D eigenvalue weighted by atomic mass is 9.96. The van der Waals surface area contributed by atoms with Crippen LogP contribution in [0, 0.1) is 0 Å². The molecule has 3 heteroatoms. The SMILES string of the molecule is CCCNC(c1ccncc1)c1cccc2c1OCC2. The Bertz CT molecular complexity index is 568. The fourth-order valence-electron chi connectivity index (χ4n) is 2.72. The molecule has 2 heterocycles. The number of hydrogen-bond donors (Lipinski definition) is 1. The monoisotopic (exact) mass is 268 g/mol. The number of ether oxygens (including phenoxy) is 1. The summed E-state index contributed by atoms with van der Waals surface area (Å²) in [5.74, 6) is 1.07. The molecule has 0 amide bonds. The summed E-state index contributed by atoms with van der Waals surface area (Å²) in [6, 6.07) is 10.8. The molecule has 0 bridgehead atoms. The highest BCUT2D eigenvalue weighted by molar-refractivity contribution is 5.48. The van der Waals surface area contributed by atoms with Crippen LogP contribution < -0.4 is 10.1 Å². The van der Waals surface area contributed by atoms with Gasteiger partial charge in [0.2, 0.25) is 0 Å². The molecule has 0 spiro atoms. The molecule has 1 N–H and O–H groups in total. The summed E-state index contributed by atoms with van der Waals surface area (Å²) in [6.45, 7) is 3.96. The van der Waals surface area contributed by atoms with E-state index in [1.165, 1.54) is 16.7 Å². The van der Waals surface area contributed by atoms with Gasteiger partial charge in [0.05, 0.1) is 12.6 Å². The molecule has 20 heavy (non-hydrogen) atoms. The van der Waals surface area contributed by atoms with Crippen molar-refractivity contribution in [3.05, 3.63) is 59.4 Å². The minimum absolute atomic E-state index is 0.172. The van der Waals surface area contributed by atoms with Gasteiger partial charge < -0.3 is 10.1 Å². The summed E-state index contributed by atoms with van der Waals surface area (Å²) in [5.41, 5.74) is 3.79. The molecule has 1 aliphatic rings. The first kappa shape index (κ1) is 13.1. The Balaban J connectivity index is 2.00. The van der Waals surface area contributed by atoms with Crippen molar-refractivity contribution in [3.63, 3.8) is 0 Å². The van der Waals surface area contributed by atoms with E-state index in [1.807, 2.05) is 12.4 Å². The van der Waals surface area contributed by atoms with E-state index in [2.05, 4.69) is 47.6 Å². The maximum absolute atomic E-state index is 5.86. The number of para-hydroxylation sites is 1. The molecule has 1 aromatic carbocycles. The molecule has 3 nitrogen and oxygen atoms in total. The van der Waals surface area contributed by atoms with Gasteiger partial charge in [-0.1, -0.05) is 25.1 Å². The number of nitrogens with zero attached hydrogens (tertiary/aromatic N) is 1. The Kier molecular flexibility index (Phi) is 3.97. The molecule has 0 fully saturated rings. The van der Waals surface area contributed by atoms with Crippen LogP contribution in [0.25, 0.3) is 0 Å². The largest absolute Gasteiger partial charge is 0.493 e. The summed E-state index contributed by atoms with van der Waals surface area (Å²) in [7, 11) is 0. The summed E-state index contributed by atoms with van der Waals surface area (Å²) >= 11 is 0. The number of rotatable bonds is 5. The van der Waals surface area contributed by atoms with E-state index in [0.29, 0.717) is 0 Å². The van der Waals surface area contributed by atoms with Gasteiger partial charge in [-0.05, 0) is 36.2 Å². The van der Waals surface area contributed by atoms with Gasteiger partial charge in [0.1, 0.15) is 5.75 Å². The van der Waals surface area contributed by atoms with Crippen LogP contribution in [0.15, 0.2) is 42.7 Å². The highest BCUT2D eigenvalue weighted by atomic mass is 16.5. The zero-order valence-electron chi connectivity index (χ0n) is 11.8. The second-order valence-electron chi connectivity index (χ2n) is 5.10. The van der Waals surface area contributed by atoms with Gasteiger partial charge in [0, 0.05) is 24.4 Å². The second-order valence-corrected chi connectivity index (χ2v) is 5.10. The summed E-state index contributed by atoms with van der Waals surface area (Å²) in [6.07, 6.45) is 5.82. The molecule has 1 aliphatic heterocycles. The van der Waals surface area contributed by atoms with Crippen molar-refractivity contribution >= 4 is 0 Å². The first-order valence-corrected chi connectivity index (χ1v) is 7.28. The first-order chi connectivity index (χ1) is 9.90. The van der Waals surface area contributed by atoms with E-state index >= 15 is 0 Å². The van der Waals surface area contributed by atoms with Crippen LogP contribution in [0.1, 0.15) is 36.1 Å². The van der Waals surface area contributed by atoms with Crippen molar-refractivity contribution in [2.45, 2.75) is 25.8 Å². The van der Waals surface area contributed by atoms with Crippen LogP contribution in [0.3, 0.4) is 0 Å². The van der Waals surface area contributed by atoms with Gasteiger partial charge in [-0.15, -0.1) is 0 Å². The number of fused-ring (bicyclic) bond motifs is 1. The van der Waals surface area contributed by atoms with Crippen molar-refractivity contribution in [2.24, 2.45) is 0 Å². The maximum Gasteiger partial charge on any atom is 0.127 e. The molecule has 1 unspecified atom stereocenters. The van der Waals surface area contributed by atoms with Crippen LogP contribution in [0.4, 0.5) is 0 Å². The quantitative estimate of drug-likeness (QED) is 0.904. The predicted molar refractivity (Wildman–Crippen MR) is 80.0 cm³/mol. The van der Waals surface area contributed by atoms with Gasteiger partial charge >= 0.3 is 0 Å². The molecular weight excluding hydrogens is 248 g/mol. The van der Waals surface area contributed by atoms with Gasteiger partial charge in [0.25, 0.3) is 0 Å². The van der Waals surface area contributed by atoms with Crippen molar-refractivity contribution in [1.29, 1.82) is 0 Å². The first-order valence-electron chi connectivity index (χ1n) is 7.28.